The number of sulfonamides is 1. The Morgan fingerprint density at radius 2 is 1.55 bits per heavy atom. The molecule has 10 heteroatoms. The van der Waals surface area contributed by atoms with Crippen molar-refractivity contribution in [2.75, 3.05) is 23.8 Å². The van der Waals surface area contributed by atoms with E-state index in [9.17, 15) is 18.0 Å². The van der Waals surface area contributed by atoms with E-state index >= 15 is 0 Å². The van der Waals surface area contributed by atoms with E-state index in [1.807, 2.05) is 0 Å². The topological polar surface area (TPSA) is 123 Å². The van der Waals surface area contributed by atoms with Crippen molar-refractivity contribution in [1.82, 2.24) is 4.72 Å². The van der Waals surface area contributed by atoms with Gasteiger partial charge in [0.1, 0.15) is 13.2 Å². The van der Waals surface area contributed by atoms with Crippen LogP contribution in [0.3, 0.4) is 0 Å². The molecule has 2 aromatic carbocycles. The molecule has 9 nitrogen and oxygen atoms in total. The highest BCUT2D eigenvalue weighted by Crippen LogP contribution is 2.32. The zero-order chi connectivity index (χ0) is 21.0. The van der Waals surface area contributed by atoms with Crippen LogP contribution in [0.1, 0.15) is 13.8 Å². The number of carbonyl (C=O) groups is 2. The Balaban J connectivity index is 1.64. The van der Waals surface area contributed by atoms with Gasteiger partial charge >= 0.3 is 0 Å². The largest absolute Gasteiger partial charge is 0.486 e. The minimum absolute atomic E-state index is 0.0226. The molecule has 29 heavy (non-hydrogen) atoms. The Labute approximate surface area is 168 Å². The smallest absolute Gasteiger partial charge is 0.242 e. The van der Waals surface area contributed by atoms with Gasteiger partial charge in [-0.15, -0.1) is 0 Å². The second kappa shape index (κ2) is 8.50. The first-order chi connectivity index (χ1) is 13.7. The molecule has 2 amide bonds. The third kappa shape index (κ3) is 5.24. The van der Waals surface area contributed by atoms with E-state index in [2.05, 4.69) is 15.4 Å². The van der Waals surface area contributed by atoms with E-state index in [1.165, 1.54) is 38.1 Å². The summed E-state index contributed by atoms with van der Waals surface area (Å²) in [4.78, 5) is 23.4. The van der Waals surface area contributed by atoms with Gasteiger partial charge in [-0.25, -0.2) is 8.42 Å². The molecule has 1 atom stereocenters. The van der Waals surface area contributed by atoms with Crippen molar-refractivity contribution in [3.05, 3.63) is 42.5 Å². The molecule has 1 aliphatic heterocycles. The standard InChI is InChI=1S/C19H21N3O6S/c1-12(19(24)21-15-5-8-17-18(11-15)28-10-9-27-17)22-29(25,26)16-6-3-14(4-7-16)20-13(2)23/h3-8,11-12,22H,9-10H2,1-2H3,(H,20,23)(H,21,24)/t12-/m0/s1. The second-order valence-electron chi connectivity index (χ2n) is 6.40. The van der Waals surface area contributed by atoms with Gasteiger partial charge in [0.25, 0.3) is 0 Å². The van der Waals surface area contributed by atoms with E-state index in [4.69, 9.17) is 9.47 Å². The molecule has 0 bridgehead atoms. The van der Waals surface area contributed by atoms with Gasteiger partial charge in [0.15, 0.2) is 11.5 Å². The first-order valence-corrected chi connectivity index (χ1v) is 10.3. The number of nitrogens with one attached hydrogen (secondary N) is 3. The van der Waals surface area contributed by atoms with Crippen LogP contribution in [0, 0.1) is 0 Å². The highest BCUT2D eigenvalue weighted by Gasteiger charge is 2.23. The van der Waals surface area contributed by atoms with Crippen molar-refractivity contribution in [3.63, 3.8) is 0 Å². The fraction of sp³-hybridized carbons (Fsp3) is 0.263. The van der Waals surface area contributed by atoms with Gasteiger partial charge in [-0.2, -0.15) is 4.72 Å². The van der Waals surface area contributed by atoms with E-state index in [-0.39, 0.29) is 10.8 Å². The number of hydrogen-bond acceptors (Lipinski definition) is 6. The molecule has 2 aromatic rings. The number of rotatable bonds is 6. The Morgan fingerprint density at radius 1 is 0.931 bits per heavy atom. The summed E-state index contributed by atoms with van der Waals surface area (Å²) in [6, 6.07) is 9.55. The third-order valence-electron chi connectivity index (χ3n) is 4.02. The highest BCUT2D eigenvalue weighted by atomic mass is 32.2. The monoisotopic (exact) mass is 419 g/mol. The summed E-state index contributed by atoms with van der Waals surface area (Å²) in [5.74, 6) is 0.315. The van der Waals surface area contributed by atoms with Crippen LogP contribution in [-0.4, -0.2) is 39.5 Å². The van der Waals surface area contributed by atoms with Crippen LogP contribution in [0.15, 0.2) is 47.4 Å². The number of amides is 2. The van der Waals surface area contributed by atoms with Gasteiger partial charge in [0.05, 0.1) is 10.9 Å². The van der Waals surface area contributed by atoms with Crippen molar-refractivity contribution in [1.29, 1.82) is 0 Å². The van der Waals surface area contributed by atoms with Crippen molar-refractivity contribution in [2.24, 2.45) is 0 Å². The summed E-state index contributed by atoms with van der Waals surface area (Å²) in [5.41, 5.74) is 0.936. The Bertz CT molecular complexity index is 1020. The van der Waals surface area contributed by atoms with Crippen molar-refractivity contribution in [2.45, 2.75) is 24.8 Å². The molecule has 0 saturated heterocycles. The first-order valence-electron chi connectivity index (χ1n) is 8.85. The Morgan fingerprint density at radius 3 is 2.21 bits per heavy atom. The molecule has 0 spiro atoms. The van der Waals surface area contributed by atoms with E-state index in [1.54, 1.807) is 18.2 Å². The summed E-state index contributed by atoms with van der Waals surface area (Å²) < 4.78 is 38.2. The third-order valence-corrected chi connectivity index (χ3v) is 5.58. The predicted molar refractivity (Wildman–Crippen MR) is 107 cm³/mol. The van der Waals surface area contributed by atoms with Gasteiger partial charge in [0.2, 0.25) is 21.8 Å². The fourth-order valence-electron chi connectivity index (χ4n) is 2.65. The van der Waals surface area contributed by atoms with Gasteiger partial charge in [-0.1, -0.05) is 0 Å². The average Bonchev–Trinajstić information content (AvgIpc) is 2.67. The number of anilines is 2. The first kappa shape index (κ1) is 20.6. The number of fused-ring (bicyclic) bond motifs is 1. The van der Waals surface area contributed by atoms with Gasteiger partial charge in [0, 0.05) is 24.4 Å². The van der Waals surface area contributed by atoms with Crippen molar-refractivity contribution in [3.8, 4) is 11.5 Å². The fourth-order valence-corrected chi connectivity index (χ4v) is 3.85. The summed E-state index contributed by atoms with van der Waals surface area (Å²) in [6.07, 6.45) is 0. The molecule has 0 unspecified atom stereocenters. The molecule has 0 aromatic heterocycles. The van der Waals surface area contributed by atoms with Crippen molar-refractivity contribution >= 4 is 33.2 Å². The summed E-state index contributed by atoms with van der Waals surface area (Å²) in [7, 11) is -3.92. The van der Waals surface area contributed by atoms with Crippen LogP contribution in [-0.2, 0) is 19.6 Å². The lowest BCUT2D eigenvalue weighted by atomic mass is 10.2. The SMILES string of the molecule is CC(=O)Nc1ccc(S(=O)(=O)N[C@@H](C)C(=O)Nc2ccc3c(c2)OCCO3)cc1. The number of benzene rings is 2. The summed E-state index contributed by atoms with van der Waals surface area (Å²) in [5, 5.41) is 5.20. The van der Waals surface area contributed by atoms with Crippen LogP contribution < -0.4 is 24.8 Å². The minimum atomic E-state index is -3.92. The van der Waals surface area contributed by atoms with Crippen LogP contribution in [0.5, 0.6) is 11.5 Å². The van der Waals surface area contributed by atoms with Crippen LogP contribution in [0.4, 0.5) is 11.4 Å². The maximum absolute atomic E-state index is 12.5. The molecule has 0 aliphatic carbocycles. The molecule has 1 aliphatic rings. The molecule has 154 valence electrons. The number of carbonyl (C=O) groups excluding carboxylic acids is 2. The maximum atomic E-state index is 12.5. The van der Waals surface area contributed by atoms with Gasteiger partial charge in [-0.3, -0.25) is 9.59 Å². The lowest BCUT2D eigenvalue weighted by Crippen LogP contribution is -2.41. The van der Waals surface area contributed by atoms with Crippen LogP contribution >= 0.6 is 0 Å². The quantitative estimate of drug-likeness (QED) is 0.655. The van der Waals surface area contributed by atoms with E-state index in [0.29, 0.717) is 36.1 Å². The molecule has 0 radical (unpaired) electrons. The zero-order valence-corrected chi connectivity index (χ0v) is 16.7. The molecule has 1 heterocycles. The number of ether oxygens (including phenoxy) is 2. The van der Waals surface area contributed by atoms with Crippen molar-refractivity contribution < 1.29 is 27.5 Å². The Hall–Kier alpha value is -3.11. The second-order valence-corrected chi connectivity index (χ2v) is 8.11. The molecule has 0 saturated carbocycles. The highest BCUT2D eigenvalue weighted by molar-refractivity contribution is 7.89. The zero-order valence-electron chi connectivity index (χ0n) is 15.9. The molecule has 3 rings (SSSR count). The lowest BCUT2D eigenvalue weighted by Gasteiger charge is -2.19. The van der Waals surface area contributed by atoms with Gasteiger partial charge in [-0.05, 0) is 43.3 Å². The maximum Gasteiger partial charge on any atom is 0.242 e. The average molecular weight is 419 g/mol. The van der Waals surface area contributed by atoms with E-state index < -0.39 is 22.0 Å². The lowest BCUT2D eigenvalue weighted by molar-refractivity contribution is -0.117. The van der Waals surface area contributed by atoms with Crippen LogP contribution in [0.2, 0.25) is 0 Å². The normalized spacial score (nSPS) is 14.0. The minimum Gasteiger partial charge on any atom is -0.486 e. The molecule has 3 N–H and O–H groups in total. The number of hydrogen-bond donors (Lipinski definition) is 3. The Kier molecular flexibility index (Phi) is 6.04. The predicted octanol–water partition coefficient (Wildman–Crippen LogP) is 1.72. The van der Waals surface area contributed by atoms with Crippen LogP contribution in [0.25, 0.3) is 0 Å². The summed E-state index contributed by atoms with van der Waals surface area (Å²) in [6.45, 7) is 3.68. The molecule has 0 fully saturated rings. The molecular weight excluding hydrogens is 398 g/mol. The molecular formula is C19H21N3O6S. The summed E-state index contributed by atoms with van der Waals surface area (Å²) >= 11 is 0. The van der Waals surface area contributed by atoms with Gasteiger partial charge < -0.3 is 20.1 Å². The van der Waals surface area contributed by atoms with E-state index in [0.717, 1.165) is 0 Å².